The maximum Gasteiger partial charge on any atom is 0.257 e. The van der Waals surface area contributed by atoms with Gasteiger partial charge in [0, 0.05) is 27.7 Å². The first-order valence-corrected chi connectivity index (χ1v) is 9.26. The van der Waals surface area contributed by atoms with Crippen molar-refractivity contribution in [3.63, 3.8) is 0 Å². The Hall–Kier alpha value is -2.92. The molecule has 0 radical (unpaired) electrons. The normalized spacial score (nSPS) is 11.0. The Balaban J connectivity index is 1.60. The fraction of sp³-hybridized carbons (Fsp3) is 0.143. The Morgan fingerprint density at radius 1 is 1.04 bits per heavy atom. The topological polar surface area (TPSA) is 57.8 Å². The lowest BCUT2D eigenvalue weighted by molar-refractivity contribution is 0.102. The van der Waals surface area contributed by atoms with Crippen LogP contribution in [0.4, 0.5) is 5.13 Å². The zero-order valence-electron chi connectivity index (χ0n) is 14.9. The zero-order chi connectivity index (χ0) is 18.3. The second-order valence-corrected chi connectivity index (χ2v) is 7.66. The molecule has 1 amide bonds. The summed E-state index contributed by atoms with van der Waals surface area (Å²) in [5, 5.41) is 4.63. The highest BCUT2D eigenvalue weighted by molar-refractivity contribution is 7.16. The number of carbonyl (C=O) groups is 1. The number of H-pyrrole nitrogens is 1. The number of amides is 1. The summed E-state index contributed by atoms with van der Waals surface area (Å²) in [6.45, 7) is 6.22. The summed E-state index contributed by atoms with van der Waals surface area (Å²) in [7, 11) is 0. The number of aromatic nitrogens is 2. The van der Waals surface area contributed by atoms with E-state index in [9.17, 15) is 4.79 Å². The van der Waals surface area contributed by atoms with E-state index in [0.717, 1.165) is 27.0 Å². The van der Waals surface area contributed by atoms with E-state index >= 15 is 0 Å². The van der Waals surface area contributed by atoms with Crippen LogP contribution in [0.1, 0.15) is 26.4 Å². The van der Waals surface area contributed by atoms with E-state index < -0.39 is 0 Å². The molecule has 0 aliphatic rings. The second kappa shape index (κ2) is 6.42. The van der Waals surface area contributed by atoms with Crippen molar-refractivity contribution >= 4 is 33.3 Å². The number of nitrogens with one attached hydrogen (secondary N) is 2. The predicted molar refractivity (Wildman–Crippen MR) is 108 cm³/mol. The van der Waals surface area contributed by atoms with Crippen LogP contribution in [0.5, 0.6) is 0 Å². The second-order valence-electron chi connectivity index (χ2n) is 6.46. The summed E-state index contributed by atoms with van der Waals surface area (Å²) >= 11 is 1.50. The summed E-state index contributed by atoms with van der Waals surface area (Å²) < 4.78 is 0. The van der Waals surface area contributed by atoms with E-state index in [1.54, 1.807) is 0 Å². The third-order valence-corrected chi connectivity index (χ3v) is 5.50. The molecule has 0 aliphatic carbocycles. The van der Waals surface area contributed by atoms with E-state index in [-0.39, 0.29) is 5.91 Å². The van der Waals surface area contributed by atoms with Gasteiger partial charge in [-0.2, -0.15) is 0 Å². The monoisotopic (exact) mass is 361 g/mol. The van der Waals surface area contributed by atoms with E-state index in [4.69, 9.17) is 0 Å². The van der Waals surface area contributed by atoms with Crippen LogP contribution in [0.2, 0.25) is 0 Å². The minimum absolute atomic E-state index is 0.151. The molecule has 130 valence electrons. The Morgan fingerprint density at radius 2 is 1.88 bits per heavy atom. The van der Waals surface area contributed by atoms with Crippen LogP contribution in [0.3, 0.4) is 0 Å². The summed E-state index contributed by atoms with van der Waals surface area (Å²) in [6, 6.07) is 13.9. The van der Waals surface area contributed by atoms with Gasteiger partial charge in [0.1, 0.15) is 0 Å². The van der Waals surface area contributed by atoms with Gasteiger partial charge in [0.05, 0.1) is 5.69 Å². The Kier molecular flexibility index (Phi) is 4.09. The number of benzene rings is 2. The molecule has 4 rings (SSSR count). The molecule has 0 saturated carbocycles. The molecule has 4 aromatic rings. The maximum absolute atomic E-state index is 12.6. The molecule has 0 fully saturated rings. The van der Waals surface area contributed by atoms with Crippen LogP contribution >= 0.6 is 11.3 Å². The van der Waals surface area contributed by atoms with Gasteiger partial charge in [0.15, 0.2) is 5.13 Å². The third kappa shape index (κ3) is 3.02. The number of aryl methyl sites for hydroxylation is 3. The molecule has 2 heterocycles. The lowest BCUT2D eigenvalue weighted by Crippen LogP contribution is -2.11. The molecule has 0 unspecified atom stereocenters. The predicted octanol–water partition coefficient (Wildman–Crippen LogP) is 5.47. The minimum Gasteiger partial charge on any atom is -0.361 e. The number of nitrogens with zero attached hydrogens (tertiary/aromatic N) is 1. The molecule has 4 nitrogen and oxygen atoms in total. The first kappa shape index (κ1) is 16.5. The number of fused-ring (bicyclic) bond motifs is 1. The molecule has 26 heavy (non-hydrogen) atoms. The van der Waals surface area contributed by atoms with Crippen molar-refractivity contribution in [2.75, 3.05) is 5.32 Å². The van der Waals surface area contributed by atoms with Crippen molar-refractivity contribution in [3.05, 3.63) is 70.2 Å². The van der Waals surface area contributed by atoms with Gasteiger partial charge in [0.2, 0.25) is 0 Å². The van der Waals surface area contributed by atoms with Gasteiger partial charge in [-0.25, -0.2) is 4.98 Å². The van der Waals surface area contributed by atoms with Crippen molar-refractivity contribution in [1.82, 2.24) is 9.97 Å². The van der Waals surface area contributed by atoms with Crippen LogP contribution in [0.25, 0.3) is 22.2 Å². The SMILES string of the molecule is Cc1ccc(-c2nc(NC(=O)c3ccc4cc[nH]c4c3)sc2C)cc1C. The van der Waals surface area contributed by atoms with Gasteiger partial charge >= 0.3 is 0 Å². The fourth-order valence-corrected chi connectivity index (χ4v) is 3.80. The van der Waals surface area contributed by atoms with E-state index in [0.29, 0.717) is 10.7 Å². The summed E-state index contributed by atoms with van der Waals surface area (Å²) in [4.78, 5) is 21.4. The zero-order valence-corrected chi connectivity index (χ0v) is 15.7. The Morgan fingerprint density at radius 3 is 2.69 bits per heavy atom. The van der Waals surface area contributed by atoms with Gasteiger partial charge in [-0.05, 0) is 61.5 Å². The molecular formula is C21H19N3OS. The average Bonchev–Trinajstić information content (AvgIpc) is 3.23. The van der Waals surface area contributed by atoms with Crippen molar-refractivity contribution in [2.45, 2.75) is 20.8 Å². The summed E-state index contributed by atoms with van der Waals surface area (Å²) in [5.41, 5.74) is 6.06. The molecule has 2 aromatic carbocycles. The van der Waals surface area contributed by atoms with E-state index in [1.807, 2.05) is 37.4 Å². The molecule has 0 spiro atoms. The molecule has 0 aliphatic heterocycles. The first-order valence-electron chi connectivity index (χ1n) is 8.45. The van der Waals surface area contributed by atoms with Crippen molar-refractivity contribution in [1.29, 1.82) is 0 Å². The lowest BCUT2D eigenvalue weighted by Gasteiger charge is -2.04. The van der Waals surface area contributed by atoms with Gasteiger partial charge in [0.25, 0.3) is 5.91 Å². The largest absolute Gasteiger partial charge is 0.361 e. The molecular weight excluding hydrogens is 342 g/mol. The first-order chi connectivity index (χ1) is 12.5. The van der Waals surface area contributed by atoms with E-state index in [2.05, 4.69) is 47.3 Å². The number of thiazole rings is 1. The molecule has 2 N–H and O–H groups in total. The average molecular weight is 361 g/mol. The van der Waals surface area contributed by atoms with E-state index in [1.165, 1.54) is 22.5 Å². The smallest absolute Gasteiger partial charge is 0.257 e. The highest BCUT2D eigenvalue weighted by Crippen LogP contribution is 2.31. The molecule has 0 bridgehead atoms. The van der Waals surface area contributed by atoms with Gasteiger partial charge in [-0.3, -0.25) is 10.1 Å². The number of hydrogen-bond donors (Lipinski definition) is 2. The van der Waals surface area contributed by atoms with Crippen molar-refractivity contribution in [3.8, 4) is 11.3 Å². The van der Waals surface area contributed by atoms with Crippen molar-refractivity contribution in [2.24, 2.45) is 0 Å². The van der Waals surface area contributed by atoms with Gasteiger partial charge < -0.3 is 4.98 Å². The highest BCUT2D eigenvalue weighted by atomic mass is 32.1. The molecule has 0 atom stereocenters. The van der Waals surface area contributed by atoms with Crippen molar-refractivity contribution < 1.29 is 4.79 Å². The summed E-state index contributed by atoms with van der Waals surface area (Å²) in [6.07, 6.45) is 1.87. The maximum atomic E-state index is 12.6. The number of hydrogen-bond acceptors (Lipinski definition) is 3. The Labute approximate surface area is 155 Å². The Bertz CT molecular complexity index is 1120. The minimum atomic E-state index is -0.151. The standard InChI is InChI=1S/C21H19N3OS/c1-12-4-5-16(10-13(12)2)19-14(3)26-21(23-19)24-20(25)17-7-6-15-8-9-22-18(15)11-17/h4-11,22H,1-3H3,(H,23,24,25). The van der Waals surface area contributed by atoms with Gasteiger partial charge in [-0.15, -0.1) is 11.3 Å². The van der Waals surface area contributed by atoms with Crippen LogP contribution < -0.4 is 5.32 Å². The number of anilines is 1. The molecule has 0 saturated heterocycles. The number of rotatable bonds is 3. The van der Waals surface area contributed by atoms with Crippen LogP contribution in [-0.2, 0) is 0 Å². The van der Waals surface area contributed by atoms with Crippen LogP contribution in [0, 0.1) is 20.8 Å². The summed E-state index contributed by atoms with van der Waals surface area (Å²) in [5.74, 6) is -0.151. The number of carbonyl (C=O) groups excluding carboxylic acids is 1. The van der Waals surface area contributed by atoms with Crippen LogP contribution in [0.15, 0.2) is 48.7 Å². The fourth-order valence-electron chi connectivity index (χ4n) is 2.96. The third-order valence-electron chi connectivity index (χ3n) is 4.61. The van der Waals surface area contributed by atoms with Crippen LogP contribution in [-0.4, -0.2) is 15.9 Å². The quantitative estimate of drug-likeness (QED) is 0.508. The highest BCUT2D eigenvalue weighted by Gasteiger charge is 2.14. The van der Waals surface area contributed by atoms with Gasteiger partial charge in [-0.1, -0.05) is 18.2 Å². The lowest BCUT2D eigenvalue weighted by atomic mass is 10.0. The molecule has 2 aromatic heterocycles. The molecule has 5 heteroatoms. The number of aromatic amines is 1.